The highest BCUT2D eigenvalue weighted by molar-refractivity contribution is 9.11. The molecule has 1 nitrogen and oxygen atoms in total. The second-order valence-electron chi connectivity index (χ2n) is 3.49. The van der Waals surface area contributed by atoms with Crippen LogP contribution in [0, 0.1) is 5.82 Å². The van der Waals surface area contributed by atoms with Gasteiger partial charge in [-0.1, -0.05) is 12.1 Å². The smallest absolute Gasteiger partial charge is 0.123 e. The molecule has 1 heterocycles. The fourth-order valence-corrected chi connectivity index (χ4v) is 2.86. The van der Waals surface area contributed by atoms with Crippen molar-refractivity contribution in [3.05, 3.63) is 56.4 Å². The van der Waals surface area contributed by atoms with Crippen molar-refractivity contribution < 1.29 is 9.50 Å². The molecule has 84 valence electrons. The minimum atomic E-state index is -0.526. The fraction of sp³-hybridized carbons (Fsp3) is 0.167. The summed E-state index contributed by atoms with van der Waals surface area (Å²) in [6, 6.07) is 10.0. The summed E-state index contributed by atoms with van der Waals surface area (Å²) in [4.78, 5) is 0.913. The number of aliphatic hydroxyl groups is 1. The lowest BCUT2D eigenvalue weighted by Gasteiger charge is -2.08. The fourth-order valence-electron chi connectivity index (χ4n) is 1.45. The van der Waals surface area contributed by atoms with Gasteiger partial charge in [-0.15, -0.1) is 11.3 Å². The molecular formula is C12H10BrFOS. The van der Waals surface area contributed by atoms with Gasteiger partial charge in [-0.05, 0) is 45.8 Å². The van der Waals surface area contributed by atoms with Crippen LogP contribution in [0.3, 0.4) is 0 Å². The van der Waals surface area contributed by atoms with Crippen LogP contribution >= 0.6 is 27.3 Å². The van der Waals surface area contributed by atoms with Gasteiger partial charge >= 0.3 is 0 Å². The van der Waals surface area contributed by atoms with Crippen LogP contribution in [0.4, 0.5) is 4.39 Å². The van der Waals surface area contributed by atoms with Gasteiger partial charge < -0.3 is 5.11 Å². The summed E-state index contributed by atoms with van der Waals surface area (Å²) >= 11 is 4.86. The second kappa shape index (κ2) is 5.08. The highest BCUT2D eigenvalue weighted by Crippen LogP contribution is 2.29. The van der Waals surface area contributed by atoms with E-state index in [-0.39, 0.29) is 5.82 Å². The molecule has 0 saturated carbocycles. The summed E-state index contributed by atoms with van der Waals surface area (Å²) in [5.41, 5.74) is 0.929. The minimum Gasteiger partial charge on any atom is -0.387 e. The van der Waals surface area contributed by atoms with Crippen molar-refractivity contribution in [1.29, 1.82) is 0 Å². The Morgan fingerprint density at radius 1 is 1.19 bits per heavy atom. The first-order valence-electron chi connectivity index (χ1n) is 4.83. The number of thiophene rings is 1. The van der Waals surface area contributed by atoms with Gasteiger partial charge in [0.1, 0.15) is 5.82 Å². The first-order valence-corrected chi connectivity index (χ1v) is 6.44. The molecule has 16 heavy (non-hydrogen) atoms. The van der Waals surface area contributed by atoms with E-state index in [9.17, 15) is 9.50 Å². The third kappa shape index (κ3) is 2.90. The first-order chi connectivity index (χ1) is 7.65. The molecule has 0 aliphatic rings. The monoisotopic (exact) mass is 300 g/mol. The van der Waals surface area contributed by atoms with E-state index in [1.807, 2.05) is 12.1 Å². The minimum absolute atomic E-state index is 0.253. The van der Waals surface area contributed by atoms with Gasteiger partial charge in [-0.2, -0.15) is 0 Å². The van der Waals surface area contributed by atoms with Crippen molar-refractivity contribution in [1.82, 2.24) is 0 Å². The number of hydrogen-bond donors (Lipinski definition) is 1. The van der Waals surface area contributed by atoms with E-state index in [2.05, 4.69) is 15.9 Å². The van der Waals surface area contributed by atoms with Crippen molar-refractivity contribution in [2.75, 3.05) is 0 Å². The molecule has 0 amide bonds. The molecular weight excluding hydrogens is 291 g/mol. The Hall–Kier alpha value is -0.710. The van der Waals surface area contributed by atoms with Crippen molar-refractivity contribution in [2.24, 2.45) is 0 Å². The summed E-state index contributed by atoms with van der Waals surface area (Å²) in [5, 5.41) is 9.95. The molecule has 1 aromatic heterocycles. The average Bonchev–Trinajstić information content (AvgIpc) is 2.68. The van der Waals surface area contributed by atoms with Crippen molar-refractivity contribution in [2.45, 2.75) is 12.5 Å². The van der Waals surface area contributed by atoms with Gasteiger partial charge in [0.2, 0.25) is 0 Å². The molecule has 0 aliphatic carbocycles. The Labute approximate surface area is 106 Å². The Bertz CT molecular complexity index is 466. The first kappa shape index (κ1) is 11.8. The summed E-state index contributed by atoms with van der Waals surface area (Å²) in [5.74, 6) is -0.253. The molecule has 1 N–H and O–H groups in total. The number of halogens is 2. The Morgan fingerprint density at radius 2 is 1.88 bits per heavy atom. The van der Waals surface area contributed by atoms with E-state index in [0.717, 1.165) is 14.2 Å². The Balaban J connectivity index is 2.07. The predicted molar refractivity (Wildman–Crippen MR) is 67.1 cm³/mol. The molecule has 0 bridgehead atoms. The number of aliphatic hydroxyl groups excluding tert-OH is 1. The molecule has 2 rings (SSSR count). The lowest BCUT2D eigenvalue weighted by atomic mass is 10.1. The summed E-state index contributed by atoms with van der Waals surface area (Å²) in [7, 11) is 0. The van der Waals surface area contributed by atoms with E-state index in [4.69, 9.17) is 0 Å². The molecule has 0 fully saturated rings. The highest BCUT2D eigenvalue weighted by Gasteiger charge is 2.10. The van der Waals surface area contributed by atoms with Gasteiger partial charge in [0.25, 0.3) is 0 Å². The molecule has 0 radical (unpaired) electrons. The maximum Gasteiger partial charge on any atom is 0.123 e. The molecule has 0 spiro atoms. The molecule has 1 aromatic carbocycles. The number of rotatable bonds is 3. The molecule has 1 atom stereocenters. The number of hydrogen-bond acceptors (Lipinski definition) is 2. The molecule has 0 saturated heterocycles. The van der Waals surface area contributed by atoms with Gasteiger partial charge in [0, 0.05) is 11.3 Å². The Kier molecular flexibility index (Phi) is 3.74. The third-order valence-corrected chi connectivity index (χ3v) is 3.99. The molecule has 2 aromatic rings. The Morgan fingerprint density at radius 3 is 2.44 bits per heavy atom. The van der Waals surface area contributed by atoms with Crippen molar-refractivity contribution >= 4 is 27.3 Å². The van der Waals surface area contributed by atoms with Gasteiger partial charge in [0.05, 0.1) is 9.89 Å². The molecule has 4 heteroatoms. The third-order valence-electron chi connectivity index (χ3n) is 2.26. The van der Waals surface area contributed by atoms with E-state index < -0.39 is 6.10 Å². The van der Waals surface area contributed by atoms with Crippen LogP contribution in [0.25, 0.3) is 0 Å². The van der Waals surface area contributed by atoms with E-state index in [1.54, 1.807) is 12.1 Å². The van der Waals surface area contributed by atoms with Crippen molar-refractivity contribution in [3.8, 4) is 0 Å². The van der Waals surface area contributed by atoms with Gasteiger partial charge in [-0.25, -0.2) is 4.39 Å². The van der Waals surface area contributed by atoms with Gasteiger partial charge in [0.15, 0.2) is 0 Å². The summed E-state index contributed by atoms with van der Waals surface area (Å²) in [6.45, 7) is 0. The standard InChI is InChI=1S/C12H10BrFOS/c13-12-6-5-11(16-12)10(15)7-8-1-3-9(14)4-2-8/h1-6,10,15H,7H2. The zero-order valence-electron chi connectivity index (χ0n) is 8.36. The van der Waals surface area contributed by atoms with Crippen molar-refractivity contribution in [3.63, 3.8) is 0 Å². The van der Waals surface area contributed by atoms with Crippen LogP contribution in [-0.4, -0.2) is 5.11 Å². The van der Waals surface area contributed by atoms with E-state index in [0.29, 0.717) is 6.42 Å². The number of benzene rings is 1. The lowest BCUT2D eigenvalue weighted by molar-refractivity contribution is 0.182. The van der Waals surface area contributed by atoms with Crippen LogP contribution in [-0.2, 0) is 6.42 Å². The second-order valence-corrected chi connectivity index (χ2v) is 5.98. The topological polar surface area (TPSA) is 20.2 Å². The van der Waals surface area contributed by atoms with Crippen LogP contribution in [0.5, 0.6) is 0 Å². The molecule has 0 aliphatic heterocycles. The molecule has 1 unspecified atom stereocenters. The zero-order chi connectivity index (χ0) is 11.5. The van der Waals surface area contributed by atoms with Crippen LogP contribution in [0.15, 0.2) is 40.2 Å². The van der Waals surface area contributed by atoms with Crippen LogP contribution in [0.1, 0.15) is 16.5 Å². The highest BCUT2D eigenvalue weighted by atomic mass is 79.9. The van der Waals surface area contributed by atoms with Crippen LogP contribution in [0.2, 0.25) is 0 Å². The van der Waals surface area contributed by atoms with E-state index >= 15 is 0 Å². The lowest BCUT2D eigenvalue weighted by Crippen LogP contribution is -1.99. The summed E-state index contributed by atoms with van der Waals surface area (Å²) in [6.07, 6.45) is -0.0190. The van der Waals surface area contributed by atoms with E-state index in [1.165, 1.54) is 23.5 Å². The largest absolute Gasteiger partial charge is 0.387 e. The van der Waals surface area contributed by atoms with Gasteiger partial charge in [-0.3, -0.25) is 0 Å². The maximum atomic E-state index is 12.7. The maximum absolute atomic E-state index is 12.7. The normalized spacial score (nSPS) is 12.7. The van der Waals surface area contributed by atoms with Crippen LogP contribution < -0.4 is 0 Å². The SMILES string of the molecule is OC(Cc1ccc(F)cc1)c1ccc(Br)s1. The quantitative estimate of drug-likeness (QED) is 0.911. The summed E-state index contributed by atoms with van der Waals surface area (Å²) < 4.78 is 13.7. The zero-order valence-corrected chi connectivity index (χ0v) is 10.8. The average molecular weight is 301 g/mol. The predicted octanol–water partition coefficient (Wildman–Crippen LogP) is 3.93.